The second-order valence-electron chi connectivity index (χ2n) is 3.63. The lowest BCUT2D eigenvalue weighted by atomic mass is 10.0. The highest BCUT2D eigenvalue weighted by atomic mass is 16.8. The Hall–Kier alpha value is -0.0800. The summed E-state index contributed by atoms with van der Waals surface area (Å²) in [5.74, 6) is -0.0544. The van der Waals surface area contributed by atoms with Crippen LogP contribution >= 0.6 is 0 Å². The quantitative estimate of drug-likeness (QED) is 0.475. The average molecular weight is 140 g/mol. The van der Waals surface area contributed by atoms with Gasteiger partial charge in [-0.25, -0.2) is 0 Å². The first-order valence-corrected chi connectivity index (χ1v) is 4.25. The molecule has 1 spiro atoms. The van der Waals surface area contributed by atoms with Gasteiger partial charge in [0, 0.05) is 6.42 Å². The van der Waals surface area contributed by atoms with Gasteiger partial charge in [-0.2, -0.15) is 0 Å². The van der Waals surface area contributed by atoms with Crippen molar-refractivity contribution in [2.75, 3.05) is 0 Å². The Morgan fingerprint density at radius 2 is 2.10 bits per heavy atom. The second-order valence-corrected chi connectivity index (χ2v) is 3.63. The number of ether oxygens (including phenoxy) is 2. The largest absolute Gasteiger partial charge is 0.344 e. The van der Waals surface area contributed by atoms with Gasteiger partial charge in [0.1, 0.15) is 6.10 Å². The van der Waals surface area contributed by atoms with E-state index in [0.29, 0.717) is 12.2 Å². The molecule has 0 N–H and O–H groups in total. The molecule has 0 aromatic rings. The predicted molar refractivity (Wildman–Crippen MR) is 35.6 cm³/mol. The summed E-state index contributed by atoms with van der Waals surface area (Å²) in [6, 6.07) is 0. The van der Waals surface area contributed by atoms with Crippen LogP contribution < -0.4 is 0 Å². The van der Waals surface area contributed by atoms with E-state index < -0.39 is 0 Å². The maximum Gasteiger partial charge on any atom is 0.195 e. The van der Waals surface area contributed by atoms with E-state index in [0.717, 1.165) is 6.42 Å². The van der Waals surface area contributed by atoms with Crippen LogP contribution in [0.2, 0.25) is 0 Å². The zero-order chi connectivity index (χ0) is 6.60. The number of epoxide rings is 1. The highest BCUT2D eigenvalue weighted by molar-refractivity contribution is 5.01. The summed E-state index contributed by atoms with van der Waals surface area (Å²) in [6.45, 7) is 0. The van der Waals surface area contributed by atoms with Crippen LogP contribution in [0.1, 0.15) is 32.1 Å². The van der Waals surface area contributed by atoms with Crippen LogP contribution in [0.25, 0.3) is 0 Å². The summed E-state index contributed by atoms with van der Waals surface area (Å²) in [6.07, 6.45) is 7.20. The number of fused-ring (bicyclic) bond motifs is 1. The van der Waals surface area contributed by atoms with Gasteiger partial charge in [-0.1, -0.05) is 0 Å². The normalized spacial score (nSPS) is 57.6. The lowest BCUT2D eigenvalue weighted by Crippen LogP contribution is -2.12. The van der Waals surface area contributed by atoms with Crippen LogP contribution in [0.5, 0.6) is 0 Å². The summed E-state index contributed by atoms with van der Waals surface area (Å²) in [7, 11) is 0. The molecular formula is C8H12O2. The van der Waals surface area contributed by atoms with Gasteiger partial charge in [0.25, 0.3) is 0 Å². The predicted octanol–water partition coefficient (Wildman–Crippen LogP) is 1.44. The fraction of sp³-hybridized carbons (Fsp3) is 1.00. The molecule has 3 aliphatic rings. The van der Waals surface area contributed by atoms with E-state index in [4.69, 9.17) is 9.47 Å². The Kier molecular flexibility index (Phi) is 0.868. The summed E-state index contributed by atoms with van der Waals surface area (Å²) < 4.78 is 11.3. The van der Waals surface area contributed by atoms with Crippen molar-refractivity contribution in [2.45, 2.75) is 50.1 Å². The molecule has 3 unspecified atom stereocenters. The average Bonchev–Trinajstić information content (AvgIpc) is 2.32. The van der Waals surface area contributed by atoms with Crippen molar-refractivity contribution < 1.29 is 9.47 Å². The van der Waals surface area contributed by atoms with Gasteiger partial charge in [-0.15, -0.1) is 0 Å². The molecule has 0 aromatic carbocycles. The van der Waals surface area contributed by atoms with Gasteiger partial charge in [0.2, 0.25) is 0 Å². The molecule has 3 saturated heterocycles. The Balaban J connectivity index is 1.89. The van der Waals surface area contributed by atoms with E-state index in [1.54, 1.807) is 0 Å². The van der Waals surface area contributed by atoms with Crippen LogP contribution in [0.3, 0.4) is 0 Å². The molecule has 3 aliphatic heterocycles. The number of hydrogen-bond donors (Lipinski definition) is 0. The third-order valence-corrected chi connectivity index (χ3v) is 2.95. The highest BCUT2D eigenvalue weighted by Gasteiger charge is 2.62. The minimum atomic E-state index is -0.0544. The fourth-order valence-electron chi connectivity index (χ4n) is 2.31. The van der Waals surface area contributed by atoms with Crippen LogP contribution in [-0.2, 0) is 9.47 Å². The molecule has 0 aromatic heterocycles. The molecule has 3 rings (SSSR count). The van der Waals surface area contributed by atoms with Crippen LogP contribution in [0, 0.1) is 0 Å². The van der Waals surface area contributed by atoms with Crippen molar-refractivity contribution in [3.63, 3.8) is 0 Å². The van der Waals surface area contributed by atoms with Crippen molar-refractivity contribution in [3.8, 4) is 0 Å². The minimum absolute atomic E-state index is 0.0544. The fourth-order valence-corrected chi connectivity index (χ4v) is 2.31. The van der Waals surface area contributed by atoms with E-state index >= 15 is 0 Å². The van der Waals surface area contributed by atoms with Crippen molar-refractivity contribution in [3.05, 3.63) is 0 Å². The van der Waals surface area contributed by atoms with E-state index in [-0.39, 0.29) is 5.79 Å². The second kappa shape index (κ2) is 1.56. The number of rotatable bonds is 0. The van der Waals surface area contributed by atoms with Gasteiger partial charge in [0.05, 0.1) is 6.10 Å². The molecule has 2 heteroatoms. The third kappa shape index (κ3) is 0.565. The summed E-state index contributed by atoms with van der Waals surface area (Å²) in [4.78, 5) is 0. The Labute approximate surface area is 60.5 Å². The molecule has 2 nitrogen and oxygen atoms in total. The SMILES string of the molecule is C1CC2CCC3(O2)OC3C1. The molecular weight excluding hydrogens is 128 g/mol. The first kappa shape index (κ1) is 5.56. The van der Waals surface area contributed by atoms with Crippen molar-refractivity contribution in [2.24, 2.45) is 0 Å². The van der Waals surface area contributed by atoms with Crippen LogP contribution in [0.4, 0.5) is 0 Å². The van der Waals surface area contributed by atoms with Gasteiger partial charge >= 0.3 is 0 Å². The first-order valence-electron chi connectivity index (χ1n) is 4.25. The molecule has 0 aliphatic carbocycles. The molecule has 10 heavy (non-hydrogen) atoms. The van der Waals surface area contributed by atoms with Crippen molar-refractivity contribution in [1.82, 2.24) is 0 Å². The minimum Gasteiger partial charge on any atom is -0.344 e. The van der Waals surface area contributed by atoms with E-state index in [9.17, 15) is 0 Å². The molecule has 3 heterocycles. The topological polar surface area (TPSA) is 21.8 Å². The summed E-state index contributed by atoms with van der Waals surface area (Å²) in [5.41, 5.74) is 0. The molecule has 0 saturated carbocycles. The Morgan fingerprint density at radius 3 is 3.10 bits per heavy atom. The lowest BCUT2D eigenvalue weighted by Gasteiger charge is -2.06. The molecule has 0 amide bonds. The van der Waals surface area contributed by atoms with Gasteiger partial charge in [-0.05, 0) is 25.7 Å². The Morgan fingerprint density at radius 1 is 1.10 bits per heavy atom. The van der Waals surface area contributed by atoms with Gasteiger partial charge in [0.15, 0.2) is 5.79 Å². The molecule has 3 fully saturated rings. The summed E-state index contributed by atoms with van der Waals surface area (Å²) >= 11 is 0. The van der Waals surface area contributed by atoms with Crippen molar-refractivity contribution in [1.29, 1.82) is 0 Å². The molecule has 3 atom stereocenters. The van der Waals surface area contributed by atoms with Gasteiger partial charge < -0.3 is 9.47 Å². The smallest absolute Gasteiger partial charge is 0.195 e. The highest BCUT2D eigenvalue weighted by Crippen LogP contribution is 2.52. The first-order chi connectivity index (χ1) is 4.89. The van der Waals surface area contributed by atoms with E-state index in [1.165, 1.54) is 25.7 Å². The molecule has 2 bridgehead atoms. The maximum atomic E-state index is 5.76. The maximum absolute atomic E-state index is 5.76. The van der Waals surface area contributed by atoms with E-state index in [2.05, 4.69) is 0 Å². The molecule has 56 valence electrons. The zero-order valence-electron chi connectivity index (χ0n) is 6.01. The van der Waals surface area contributed by atoms with E-state index in [1.807, 2.05) is 0 Å². The third-order valence-electron chi connectivity index (χ3n) is 2.95. The molecule has 0 radical (unpaired) electrons. The Bertz CT molecular complexity index is 161. The van der Waals surface area contributed by atoms with Crippen LogP contribution in [0.15, 0.2) is 0 Å². The van der Waals surface area contributed by atoms with Crippen LogP contribution in [-0.4, -0.2) is 18.0 Å². The standard InChI is InChI=1S/C8H12O2/c1-2-6-4-5-8(9-6)7(3-1)10-8/h6-7H,1-5H2. The number of hydrogen-bond acceptors (Lipinski definition) is 2. The monoisotopic (exact) mass is 140 g/mol. The van der Waals surface area contributed by atoms with Crippen molar-refractivity contribution >= 4 is 0 Å². The summed E-state index contributed by atoms with van der Waals surface area (Å²) in [5, 5.41) is 0. The lowest BCUT2D eigenvalue weighted by molar-refractivity contribution is -0.0401. The van der Waals surface area contributed by atoms with Gasteiger partial charge in [-0.3, -0.25) is 0 Å². The zero-order valence-corrected chi connectivity index (χ0v) is 6.01.